The summed E-state index contributed by atoms with van der Waals surface area (Å²) in [6, 6.07) is 4.89. The Bertz CT molecular complexity index is 683. The number of carbonyl (C=O) groups is 1. The van der Waals surface area contributed by atoms with Gasteiger partial charge in [0.05, 0.1) is 17.1 Å². The summed E-state index contributed by atoms with van der Waals surface area (Å²) in [5.74, 6) is 1.56. The summed E-state index contributed by atoms with van der Waals surface area (Å²) in [7, 11) is 0. The lowest BCUT2D eigenvalue weighted by atomic mass is 10.2. The predicted molar refractivity (Wildman–Crippen MR) is 76.0 cm³/mol. The molecule has 3 rings (SSSR count). The van der Waals surface area contributed by atoms with Gasteiger partial charge in [0, 0.05) is 18.1 Å². The van der Waals surface area contributed by atoms with Crippen molar-refractivity contribution in [3.05, 3.63) is 45.5 Å². The largest absolute Gasteiger partial charge is 0.329 e. The highest BCUT2D eigenvalue weighted by molar-refractivity contribution is 6.36. The standard InChI is InChI=1S/C13H12Cl2N4O/c1-8-16-17-12-7-18(4-5-19(8)12)13(20)10-3-2-9(14)6-11(10)15/h2-3,6H,4-5,7H2,1H3. The number of hydrogen-bond donors (Lipinski definition) is 0. The lowest BCUT2D eigenvalue weighted by Gasteiger charge is -2.28. The zero-order valence-corrected chi connectivity index (χ0v) is 12.3. The Hall–Kier alpha value is -1.59. The van der Waals surface area contributed by atoms with E-state index >= 15 is 0 Å². The molecular weight excluding hydrogens is 299 g/mol. The number of benzene rings is 1. The van der Waals surface area contributed by atoms with Crippen molar-refractivity contribution < 1.29 is 4.79 Å². The zero-order valence-electron chi connectivity index (χ0n) is 10.8. The van der Waals surface area contributed by atoms with Crippen molar-refractivity contribution in [1.82, 2.24) is 19.7 Å². The maximum Gasteiger partial charge on any atom is 0.255 e. The molecule has 0 bridgehead atoms. The Morgan fingerprint density at radius 3 is 2.80 bits per heavy atom. The molecule has 0 aliphatic carbocycles. The van der Waals surface area contributed by atoms with Crippen molar-refractivity contribution in [2.75, 3.05) is 6.54 Å². The van der Waals surface area contributed by atoms with Crippen molar-refractivity contribution in [3.63, 3.8) is 0 Å². The van der Waals surface area contributed by atoms with Gasteiger partial charge in [0.15, 0.2) is 5.82 Å². The van der Waals surface area contributed by atoms with Gasteiger partial charge in [0.1, 0.15) is 5.82 Å². The Balaban J connectivity index is 1.85. The molecule has 5 nitrogen and oxygen atoms in total. The van der Waals surface area contributed by atoms with E-state index in [1.165, 1.54) is 0 Å². The van der Waals surface area contributed by atoms with Crippen LogP contribution in [0.25, 0.3) is 0 Å². The number of halogens is 2. The second-order valence-corrected chi connectivity index (χ2v) is 5.51. The molecule has 0 fully saturated rings. The number of aromatic nitrogens is 3. The third-order valence-electron chi connectivity index (χ3n) is 3.39. The maximum atomic E-state index is 12.5. The molecule has 1 aromatic heterocycles. The van der Waals surface area contributed by atoms with Crippen LogP contribution >= 0.6 is 23.2 Å². The van der Waals surface area contributed by atoms with Crippen molar-refractivity contribution in [2.24, 2.45) is 0 Å². The van der Waals surface area contributed by atoms with Crippen LogP contribution in [-0.4, -0.2) is 32.1 Å². The number of aryl methyl sites for hydroxylation is 1. The monoisotopic (exact) mass is 310 g/mol. The molecule has 2 aromatic rings. The van der Waals surface area contributed by atoms with Gasteiger partial charge in [-0.2, -0.15) is 0 Å². The van der Waals surface area contributed by atoms with Gasteiger partial charge in [0.25, 0.3) is 5.91 Å². The quantitative estimate of drug-likeness (QED) is 0.813. The molecule has 104 valence electrons. The van der Waals surface area contributed by atoms with Crippen molar-refractivity contribution in [2.45, 2.75) is 20.0 Å². The molecule has 0 saturated heterocycles. The topological polar surface area (TPSA) is 51.0 Å². The number of carbonyl (C=O) groups excluding carboxylic acids is 1. The summed E-state index contributed by atoms with van der Waals surface area (Å²) >= 11 is 11.9. The van der Waals surface area contributed by atoms with E-state index in [-0.39, 0.29) is 5.91 Å². The minimum Gasteiger partial charge on any atom is -0.329 e. The van der Waals surface area contributed by atoms with Crippen LogP contribution in [0, 0.1) is 6.92 Å². The van der Waals surface area contributed by atoms with Crippen LogP contribution in [0.3, 0.4) is 0 Å². The molecule has 1 aromatic carbocycles. The maximum absolute atomic E-state index is 12.5. The lowest BCUT2D eigenvalue weighted by molar-refractivity contribution is 0.0707. The fourth-order valence-corrected chi connectivity index (χ4v) is 2.80. The summed E-state index contributed by atoms with van der Waals surface area (Å²) in [6.45, 7) is 3.66. The molecule has 0 N–H and O–H groups in total. The van der Waals surface area contributed by atoms with Crippen molar-refractivity contribution in [1.29, 1.82) is 0 Å². The van der Waals surface area contributed by atoms with Crippen LogP contribution in [0.2, 0.25) is 10.0 Å². The molecule has 0 radical (unpaired) electrons. The molecule has 1 aliphatic heterocycles. The van der Waals surface area contributed by atoms with E-state index in [1.807, 2.05) is 11.5 Å². The summed E-state index contributed by atoms with van der Waals surface area (Å²) in [4.78, 5) is 14.2. The average molecular weight is 311 g/mol. The SMILES string of the molecule is Cc1nnc2n1CCN(C(=O)c1ccc(Cl)cc1Cl)C2. The summed E-state index contributed by atoms with van der Waals surface area (Å²) < 4.78 is 2.02. The number of amides is 1. The molecule has 7 heteroatoms. The van der Waals surface area contributed by atoms with Crippen LogP contribution in [0.4, 0.5) is 0 Å². The number of hydrogen-bond acceptors (Lipinski definition) is 3. The van der Waals surface area contributed by atoms with Gasteiger partial charge in [0.2, 0.25) is 0 Å². The fraction of sp³-hybridized carbons (Fsp3) is 0.308. The molecule has 1 amide bonds. The highest BCUT2D eigenvalue weighted by Crippen LogP contribution is 2.23. The van der Waals surface area contributed by atoms with Crippen LogP contribution in [0.15, 0.2) is 18.2 Å². The van der Waals surface area contributed by atoms with E-state index in [0.717, 1.165) is 11.6 Å². The number of fused-ring (bicyclic) bond motifs is 1. The molecule has 20 heavy (non-hydrogen) atoms. The predicted octanol–water partition coefficient (Wildman–Crippen LogP) is 2.55. The highest BCUT2D eigenvalue weighted by Gasteiger charge is 2.25. The summed E-state index contributed by atoms with van der Waals surface area (Å²) in [6.07, 6.45) is 0. The van der Waals surface area contributed by atoms with E-state index in [0.29, 0.717) is 35.2 Å². The van der Waals surface area contributed by atoms with Gasteiger partial charge < -0.3 is 9.47 Å². The Morgan fingerprint density at radius 1 is 1.25 bits per heavy atom. The molecule has 0 spiro atoms. The van der Waals surface area contributed by atoms with Crippen molar-refractivity contribution in [3.8, 4) is 0 Å². The molecule has 0 unspecified atom stereocenters. The first kappa shape index (κ1) is 13.4. The Morgan fingerprint density at radius 2 is 2.05 bits per heavy atom. The van der Waals surface area contributed by atoms with Crippen LogP contribution < -0.4 is 0 Å². The molecule has 0 atom stereocenters. The highest BCUT2D eigenvalue weighted by atomic mass is 35.5. The van der Waals surface area contributed by atoms with Crippen LogP contribution in [0.1, 0.15) is 22.0 Å². The van der Waals surface area contributed by atoms with E-state index in [2.05, 4.69) is 10.2 Å². The lowest BCUT2D eigenvalue weighted by Crippen LogP contribution is -2.38. The van der Waals surface area contributed by atoms with Gasteiger partial charge in [-0.3, -0.25) is 4.79 Å². The van der Waals surface area contributed by atoms with Crippen molar-refractivity contribution >= 4 is 29.1 Å². The third-order valence-corrected chi connectivity index (χ3v) is 3.93. The van der Waals surface area contributed by atoms with Crippen LogP contribution in [0.5, 0.6) is 0 Å². The Kier molecular flexibility index (Phi) is 3.40. The van der Waals surface area contributed by atoms with Gasteiger partial charge in [-0.25, -0.2) is 0 Å². The molecular formula is C13H12Cl2N4O. The second kappa shape index (κ2) is 5.07. The van der Waals surface area contributed by atoms with Gasteiger partial charge in [-0.15, -0.1) is 10.2 Å². The smallest absolute Gasteiger partial charge is 0.255 e. The number of nitrogens with zero attached hydrogens (tertiary/aromatic N) is 4. The van der Waals surface area contributed by atoms with E-state index in [9.17, 15) is 4.79 Å². The normalized spacial score (nSPS) is 14.2. The van der Waals surface area contributed by atoms with E-state index < -0.39 is 0 Å². The first-order valence-electron chi connectivity index (χ1n) is 6.19. The fourth-order valence-electron chi connectivity index (χ4n) is 2.31. The van der Waals surface area contributed by atoms with Gasteiger partial charge >= 0.3 is 0 Å². The van der Waals surface area contributed by atoms with Gasteiger partial charge in [-0.1, -0.05) is 23.2 Å². The first-order chi connectivity index (χ1) is 9.56. The summed E-state index contributed by atoms with van der Waals surface area (Å²) in [5, 5.41) is 8.99. The van der Waals surface area contributed by atoms with Crippen LogP contribution in [-0.2, 0) is 13.1 Å². The molecule has 0 saturated carbocycles. The first-order valence-corrected chi connectivity index (χ1v) is 6.95. The van der Waals surface area contributed by atoms with Gasteiger partial charge in [-0.05, 0) is 25.1 Å². The minimum atomic E-state index is -0.112. The minimum absolute atomic E-state index is 0.112. The molecule has 2 heterocycles. The second-order valence-electron chi connectivity index (χ2n) is 4.67. The zero-order chi connectivity index (χ0) is 14.3. The summed E-state index contributed by atoms with van der Waals surface area (Å²) in [5.41, 5.74) is 0.459. The molecule has 1 aliphatic rings. The van der Waals surface area contributed by atoms with E-state index in [4.69, 9.17) is 23.2 Å². The third kappa shape index (κ3) is 2.27. The number of rotatable bonds is 1. The van der Waals surface area contributed by atoms with E-state index in [1.54, 1.807) is 23.1 Å². The average Bonchev–Trinajstić information content (AvgIpc) is 2.79. The Labute approximate surface area is 126 Å².